The summed E-state index contributed by atoms with van der Waals surface area (Å²) < 4.78 is 0. The molecule has 0 atom stereocenters. The molecule has 0 heterocycles. The summed E-state index contributed by atoms with van der Waals surface area (Å²) in [5, 5.41) is 0. The second-order valence-corrected chi connectivity index (χ2v) is 4.33. The van der Waals surface area contributed by atoms with Gasteiger partial charge in [0.1, 0.15) is 0 Å². The van der Waals surface area contributed by atoms with E-state index in [4.69, 9.17) is 0 Å². The summed E-state index contributed by atoms with van der Waals surface area (Å²) in [6.45, 7) is 6.69. The molecule has 0 unspecified atom stereocenters. The van der Waals surface area contributed by atoms with Crippen molar-refractivity contribution in [1.29, 1.82) is 0 Å². The zero-order chi connectivity index (χ0) is 8.74. The quantitative estimate of drug-likeness (QED) is 0.575. The topological polar surface area (TPSA) is 27.6 Å². The maximum Gasteiger partial charge on any atom is 0.0889 e. The van der Waals surface area contributed by atoms with Crippen LogP contribution in [-0.4, -0.2) is 5.54 Å². The van der Waals surface area contributed by atoms with Crippen molar-refractivity contribution in [2.75, 3.05) is 0 Å². The highest BCUT2D eigenvalue weighted by Gasteiger charge is 2.12. The van der Waals surface area contributed by atoms with Crippen molar-refractivity contribution < 1.29 is 5.73 Å². The van der Waals surface area contributed by atoms with Crippen molar-refractivity contribution in [2.45, 2.75) is 64.8 Å². The molecule has 0 saturated heterocycles. The predicted octanol–water partition coefficient (Wildman–Crippen LogP) is 2.37. The normalized spacial score (nSPS) is 12.0. The van der Waals surface area contributed by atoms with Crippen molar-refractivity contribution in [3.05, 3.63) is 0 Å². The van der Waals surface area contributed by atoms with E-state index in [1.165, 1.54) is 38.5 Å². The van der Waals surface area contributed by atoms with Gasteiger partial charge in [0.25, 0.3) is 0 Å². The Morgan fingerprint density at radius 1 is 1.00 bits per heavy atom. The van der Waals surface area contributed by atoms with Crippen molar-refractivity contribution in [3.8, 4) is 0 Å². The third-order valence-electron chi connectivity index (χ3n) is 1.96. The van der Waals surface area contributed by atoms with Crippen LogP contribution in [-0.2, 0) is 0 Å². The molecule has 0 saturated carbocycles. The summed E-state index contributed by atoms with van der Waals surface area (Å²) in [6, 6.07) is 0. The lowest BCUT2D eigenvalue weighted by Gasteiger charge is -2.13. The van der Waals surface area contributed by atoms with Gasteiger partial charge in [-0.2, -0.15) is 0 Å². The van der Waals surface area contributed by atoms with Crippen molar-refractivity contribution in [1.82, 2.24) is 0 Å². The van der Waals surface area contributed by atoms with E-state index in [0.29, 0.717) is 5.54 Å². The molecule has 0 aliphatic carbocycles. The Kier molecular flexibility index (Phi) is 5.57. The fourth-order valence-corrected chi connectivity index (χ4v) is 1.21. The van der Waals surface area contributed by atoms with Gasteiger partial charge < -0.3 is 5.73 Å². The Hall–Kier alpha value is -0.0400. The smallest absolute Gasteiger partial charge is 0.0889 e. The van der Waals surface area contributed by atoms with Gasteiger partial charge in [-0.1, -0.05) is 32.6 Å². The maximum absolute atomic E-state index is 4.09. The first-order valence-corrected chi connectivity index (χ1v) is 4.91. The van der Waals surface area contributed by atoms with E-state index in [0.717, 1.165) is 0 Å². The molecule has 3 N–H and O–H groups in total. The molecule has 11 heavy (non-hydrogen) atoms. The van der Waals surface area contributed by atoms with Gasteiger partial charge in [-0.15, -0.1) is 0 Å². The van der Waals surface area contributed by atoms with E-state index < -0.39 is 0 Å². The molecule has 68 valence electrons. The summed E-state index contributed by atoms with van der Waals surface area (Å²) in [4.78, 5) is 0. The van der Waals surface area contributed by atoms with Crippen LogP contribution in [0.2, 0.25) is 0 Å². The third-order valence-corrected chi connectivity index (χ3v) is 1.96. The molecule has 0 fully saturated rings. The van der Waals surface area contributed by atoms with Crippen LogP contribution >= 0.6 is 0 Å². The number of rotatable bonds is 6. The largest absolute Gasteiger partial charge is 0.353 e. The maximum atomic E-state index is 4.09. The van der Waals surface area contributed by atoms with Crippen LogP contribution < -0.4 is 5.73 Å². The number of hydrogen-bond donors (Lipinski definition) is 1. The van der Waals surface area contributed by atoms with E-state index in [2.05, 4.69) is 26.5 Å². The highest BCUT2D eigenvalue weighted by Crippen LogP contribution is 2.10. The first-order valence-electron chi connectivity index (χ1n) is 4.91. The average Bonchev–Trinajstić information content (AvgIpc) is 1.85. The molecule has 0 aliphatic rings. The zero-order valence-electron chi connectivity index (χ0n) is 8.45. The van der Waals surface area contributed by atoms with Crippen LogP contribution in [0.3, 0.4) is 0 Å². The lowest BCUT2D eigenvalue weighted by atomic mass is 9.98. The molecule has 0 aromatic heterocycles. The molecule has 0 aromatic rings. The molecule has 1 nitrogen and oxygen atoms in total. The predicted molar refractivity (Wildman–Crippen MR) is 50.3 cm³/mol. The van der Waals surface area contributed by atoms with Gasteiger partial charge in [0.15, 0.2) is 0 Å². The van der Waals surface area contributed by atoms with Crippen LogP contribution in [0.15, 0.2) is 0 Å². The van der Waals surface area contributed by atoms with Crippen LogP contribution in [0.25, 0.3) is 0 Å². The van der Waals surface area contributed by atoms with Gasteiger partial charge in [-0.3, -0.25) is 0 Å². The van der Waals surface area contributed by atoms with Gasteiger partial charge in [0, 0.05) is 6.42 Å². The van der Waals surface area contributed by atoms with Crippen molar-refractivity contribution in [3.63, 3.8) is 0 Å². The molecule has 0 bridgehead atoms. The van der Waals surface area contributed by atoms with Crippen LogP contribution in [0.1, 0.15) is 59.3 Å². The van der Waals surface area contributed by atoms with E-state index in [1.54, 1.807) is 0 Å². The molecule has 0 aromatic carbocycles. The third kappa shape index (κ3) is 9.96. The molecule has 0 radical (unpaired) electrons. The van der Waals surface area contributed by atoms with Crippen molar-refractivity contribution in [2.24, 2.45) is 0 Å². The number of unbranched alkanes of at least 4 members (excludes halogenated alkanes) is 4. The molecule has 0 aliphatic heterocycles. The fourth-order valence-electron chi connectivity index (χ4n) is 1.21. The van der Waals surface area contributed by atoms with Gasteiger partial charge in [0.05, 0.1) is 5.54 Å². The first-order chi connectivity index (χ1) is 5.06. The number of hydrogen-bond acceptors (Lipinski definition) is 0. The second kappa shape index (κ2) is 5.59. The van der Waals surface area contributed by atoms with E-state index in [9.17, 15) is 0 Å². The number of quaternary nitrogens is 1. The summed E-state index contributed by atoms with van der Waals surface area (Å²) in [5.41, 5.74) is 4.39. The lowest BCUT2D eigenvalue weighted by Crippen LogP contribution is -2.68. The molecule has 0 rings (SSSR count). The highest BCUT2D eigenvalue weighted by molar-refractivity contribution is 4.62. The monoisotopic (exact) mass is 158 g/mol. The van der Waals surface area contributed by atoms with E-state index in [-0.39, 0.29) is 0 Å². The van der Waals surface area contributed by atoms with Gasteiger partial charge >= 0.3 is 0 Å². The molecule has 1 heteroatoms. The summed E-state index contributed by atoms with van der Waals surface area (Å²) in [5.74, 6) is 0. The Morgan fingerprint density at radius 3 is 2.00 bits per heavy atom. The Morgan fingerprint density at radius 2 is 1.55 bits per heavy atom. The molecule has 0 spiro atoms. The first kappa shape index (κ1) is 11.0. The zero-order valence-corrected chi connectivity index (χ0v) is 8.45. The van der Waals surface area contributed by atoms with Crippen molar-refractivity contribution >= 4 is 0 Å². The van der Waals surface area contributed by atoms with Gasteiger partial charge in [0.2, 0.25) is 0 Å². The standard InChI is InChI=1S/C10H23N/c1-4-5-6-7-8-9-10(2,3)11/h4-9,11H2,1-3H3/p+1. The minimum Gasteiger partial charge on any atom is -0.353 e. The van der Waals surface area contributed by atoms with Crippen LogP contribution in [0.5, 0.6) is 0 Å². The summed E-state index contributed by atoms with van der Waals surface area (Å²) in [6.07, 6.45) is 8.18. The Labute approximate surface area is 71.4 Å². The van der Waals surface area contributed by atoms with Gasteiger partial charge in [-0.25, -0.2) is 0 Å². The SMILES string of the molecule is CCCCCCCC(C)(C)[NH3+]. The minimum absolute atomic E-state index is 0.298. The second-order valence-electron chi connectivity index (χ2n) is 4.33. The van der Waals surface area contributed by atoms with Crippen LogP contribution in [0.4, 0.5) is 0 Å². The highest BCUT2D eigenvalue weighted by atomic mass is 14.7. The van der Waals surface area contributed by atoms with E-state index in [1.807, 2.05) is 0 Å². The fraction of sp³-hybridized carbons (Fsp3) is 1.00. The van der Waals surface area contributed by atoms with Crippen LogP contribution in [0, 0.1) is 0 Å². The average molecular weight is 158 g/mol. The minimum atomic E-state index is 0.298. The van der Waals surface area contributed by atoms with E-state index >= 15 is 0 Å². The molecular formula is C10H24N+. The summed E-state index contributed by atoms with van der Waals surface area (Å²) >= 11 is 0. The lowest BCUT2D eigenvalue weighted by molar-refractivity contribution is -0.467. The summed E-state index contributed by atoms with van der Waals surface area (Å²) in [7, 11) is 0. The Balaban J connectivity index is 3.02. The molecular weight excluding hydrogens is 134 g/mol. The Bertz CT molecular complexity index is 81.4. The molecule has 0 amide bonds. The van der Waals surface area contributed by atoms with Gasteiger partial charge in [-0.05, 0) is 20.3 Å².